The molecule has 0 amide bonds. The van der Waals surface area contributed by atoms with Crippen molar-refractivity contribution in [1.29, 1.82) is 0 Å². The van der Waals surface area contributed by atoms with Crippen LogP contribution in [0.5, 0.6) is 11.5 Å². The SMILES string of the molecule is COc1cc(OCc2cccc(C(F)(F)F)n2)ccc1C(=O)CBr. The Bertz CT molecular complexity index is 735. The van der Waals surface area contributed by atoms with Crippen molar-refractivity contribution in [3.8, 4) is 11.5 Å². The molecule has 2 rings (SSSR count). The highest BCUT2D eigenvalue weighted by Crippen LogP contribution is 2.28. The number of benzene rings is 1. The third-order valence-corrected chi connectivity index (χ3v) is 3.59. The molecule has 0 atom stereocenters. The van der Waals surface area contributed by atoms with E-state index < -0.39 is 11.9 Å². The highest BCUT2D eigenvalue weighted by Gasteiger charge is 2.32. The van der Waals surface area contributed by atoms with Crippen LogP contribution in [-0.4, -0.2) is 23.2 Å². The number of carbonyl (C=O) groups is 1. The largest absolute Gasteiger partial charge is 0.496 e. The molecule has 0 radical (unpaired) electrons. The van der Waals surface area contributed by atoms with Gasteiger partial charge < -0.3 is 9.47 Å². The van der Waals surface area contributed by atoms with E-state index in [-0.39, 0.29) is 23.4 Å². The van der Waals surface area contributed by atoms with Gasteiger partial charge in [-0.3, -0.25) is 4.79 Å². The van der Waals surface area contributed by atoms with E-state index in [1.54, 1.807) is 6.07 Å². The lowest BCUT2D eigenvalue weighted by molar-refractivity contribution is -0.141. The van der Waals surface area contributed by atoms with Gasteiger partial charge in [-0.2, -0.15) is 13.2 Å². The molecule has 128 valence electrons. The van der Waals surface area contributed by atoms with Gasteiger partial charge >= 0.3 is 6.18 Å². The van der Waals surface area contributed by atoms with Crippen molar-refractivity contribution in [3.63, 3.8) is 0 Å². The Labute approximate surface area is 144 Å². The number of aromatic nitrogens is 1. The van der Waals surface area contributed by atoms with E-state index >= 15 is 0 Å². The van der Waals surface area contributed by atoms with Gasteiger partial charge in [0.25, 0.3) is 0 Å². The average molecular weight is 404 g/mol. The van der Waals surface area contributed by atoms with Crippen molar-refractivity contribution in [2.75, 3.05) is 12.4 Å². The monoisotopic (exact) mass is 403 g/mol. The zero-order chi connectivity index (χ0) is 17.7. The molecule has 0 saturated carbocycles. The van der Waals surface area contributed by atoms with Crippen LogP contribution in [0.15, 0.2) is 36.4 Å². The quantitative estimate of drug-likeness (QED) is 0.533. The van der Waals surface area contributed by atoms with E-state index in [1.807, 2.05) is 0 Å². The van der Waals surface area contributed by atoms with Crippen LogP contribution < -0.4 is 9.47 Å². The van der Waals surface area contributed by atoms with Crippen LogP contribution in [0, 0.1) is 0 Å². The molecule has 0 aliphatic rings. The molecule has 24 heavy (non-hydrogen) atoms. The van der Waals surface area contributed by atoms with Crippen molar-refractivity contribution < 1.29 is 27.4 Å². The Morgan fingerprint density at radius 3 is 2.62 bits per heavy atom. The second-order valence-electron chi connectivity index (χ2n) is 4.72. The number of hydrogen-bond acceptors (Lipinski definition) is 4. The van der Waals surface area contributed by atoms with E-state index in [4.69, 9.17) is 9.47 Å². The number of hydrogen-bond donors (Lipinski definition) is 0. The Hall–Kier alpha value is -2.09. The fourth-order valence-electron chi connectivity index (χ4n) is 1.94. The molecule has 0 saturated heterocycles. The lowest BCUT2D eigenvalue weighted by atomic mass is 10.1. The van der Waals surface area contributed by atoms with Crippen LogP contribution in [0.25, 0.3) is 0 Å². The van der Waals surface area contributed by atoms with E-state index in [0.717, 1.165) is 6.07 Å². The predicted molar refractivity (Wildman–Crippen MR) is 84.7 cm³/mol. The normalized spacial score (nSPS) is 11.2. The maximum Gasteiger partial charge on any atom is 0.433 e. The van der Waals surface area contributed by atoms with Crippen LogP contribution in [0.1, 0.15) is 21.7 Å². The standard InChI is InChI=1S/C16H13BrF3NO3/c1-23-14-7-11(5-6-12(14)13(22)8-17)24-9-10-3-2-4-15(21-10)16(18,19)20/h2-7H,8-9H2,1H3. The van der Waals surface area contributed by atoms with Gasteiger partial charge in [-0.15, -0.1) is 0 Å². The predicted octanol–water partition coefficient (Wildman–Crippen LogP) is 4.27. The molecular weight excluding hydrogens is 391 g/mol. The van der Waals surface area contributed by atoms with Gasteiger partial charge in [0, 0.05) is 6.07 Å². The zero-order valence-corrected chi connectivity index (χ0v) is 14.1. The van der Waals surface area contributed by atoms with E-state index in [0.29, 0.717) is 17.1 Å². The summed E-state index contributed by atoms with van der Waals surface area (Å²) in [7, 11) is 1.42. The van der Waals surface area contributed by atoms with Crippen molar-refractivity contribution in [1.82, 2.24) is 4.98 Å². The smallest absolute Gasteiger partial charge is 0.433 e. The van der Waals surface area contributed by atoms with E-state index in [2.05, 4.69) is 20.9 Å². The van der Waals surface area contributed by atoms with Crippen molar-refractivity contribution >= 4 is 21.7 Å². The molecule has 1 aromatic carbocycles. The number of ketones is 1. The number of nitrogens with zero attached hydrogens (tertiary/aromatic N) is 1. The van der Waals surface area contributed by atoms with Crippen LogP contribution in [0.3, 0.4) is 0 Å². The second-order valence-corrected chi connectivity index (χ2v) is 5.28. The molecule has 8 heteroatoms. The molecule has 0 spiro atoms. The maximum atomic E-state index is 12.6. The summed E-state index contributed by atoms with van der Waals surface area (Å²) in [4.78, 5) is 15.3. The maximum absolute atomic E-state index is 12.6. The lowest BCUT2D eigenvalue weighted by Gasteiger charge is -2.11. The molecule has 1 heterocycles. The minimum absolute atomic E-state index is 0.140. The highest BCUT2D eigenvalue weighted by atomic mass is 79.9. The number of alkyl halides is 4. The number of pyridine rings is 1. The first kappa shape index (κ1) is 18.3. The first-order valence-electron chi connectivity index (χ1n) is 6.78. The van der Waals surface area contributed by atoms with Gasteiger partial charge in [0.15, 0.2) is 5.78 Å². The van der Waals surface area contributed by atoms with Gasteiger partial charge in [0.05, 0.1) is 23.7 Å². The summed E-state index contributed by atoms with van der Waals surface area (Å²) in [5.74, 6) is 0.532. The summed E-state index contributed by atoms with van der Waals surface area (Å²) in [5.41, 5.74) is -0.442. The first-order valence-corrected chi connectivity index (χ1v) is 7.90. The zero-order valence-electron chi connectivity index (χ0n) is 12.6. The molecule has 2 aromatic rings. The fourth-order valence-corrected chi connectivity index (χ4v) is 2.24. The number of carbonyl (C=O) groups excluding carboxylic acids is 1. The molecular formula is C16H13BrF3NO3. The van der Waals surface area contributed by atoms with Gasteiger partial charge in [-0.25, -0.2) is 4.98 Å². The summed E-state index contributed by atoms with van der Waals surface area (Å²) in [6.07, 6.45) is -4.50. The van der Waals surface area contributed by atoms with Crippen molar-refractivity contribution in [3.05, 3.63) is 53.3 Å². The van der Waals surface area contributed by atoms with Gasteiger partial charge in [-0.05, 0) is 24.3 Å². The number of ether oxygens (including phenoxy) is 2. The molecule has 0 aliphatic heterocycles. The Morgan fingerprint density at radius 2 is 2.00 bits per heavy atom. The van der Waals surface area contributed by atoms with Crippen molar-refractivity contribution in [2.24, 2.45) is 0 Å². The van der Waals surface area contributed by atoms with Crippen LogP contribution in [0.4, 0.5) is 13.2 Å². The second kappa shape index (κ2) is 7.65. The average Bonchev–Trinajstić information content (AvgIpc) is 2.58. The molecule has 0 unspecified atom stereocenters. The molecule has 4 nitrogen and oxygen atoms in total. The lowest BCUT2D eigenvalue weighted by Crippen LogP contribution is -2.10. The minimum Gasteiger partial charge on any atom is -0.496 e. The van der Waals surface area contributed by atoms with Crippen LogP contribution in [0.2, 0.25) is 0 Å². The third kappa shape index (κ3) is 4.47. The highest BCUT2D eigenvalue weighted by molar-refractivity contribution is 9.09. The van der Waals surface area contributed by atoms with E-state index in [9.17, 15) is 18.0 Å². The summed E-state index contributed by atoms with van der Waals surface area (Å²) in [6.45, 7) is -0.140. The summed E-state index contributed by atoms with van der Waals surface area (Å²) < 4.78 is 48.5. The molecule has 1 aromatic heterocycles. The number of halogens is 4. The van der Waals surface area contributed by atoms with Crippen molar-refractivity contribution in [2.45, 2.75) is 12.8 Å². The minimum atomic E-state index is -4.50. The molecule has 0 bridgehead atoms. The third-order valence-electron chi connectivity index (χ3n) is 3.08. The molecule has 0 fully saturated rings. The first-order chi connectivity index (χ1) is 11.3. The van der Waals surface area contributed by atoms with Crippen LogP contribution in [-0.2, 0) is 12.8 Å². The number of methoxy groups -OCH3 is 1. The number of rotatable bonds is 6. The molecule has 0 aliphatic carbocycles. The van der Waals surface area contributed by atoms with Gasteiger partial charge in [0.1, 0.15) is 23.8 Å². The summed E-state index contributed by atoms with van der Waals surface area (Å²) in [5, 5.41) is 0.151. The topological polar surface area (TPSA) is 48.4 Å². The Morgan fingerprint density at radius 1 is 1.25 bits per heavy atom. The fraction of sp³-hybridized carbons (Fsp3) is 0.250. The van der Waals surface area contributed by atoms with Gasteiger partial charge in [0.2, 0.25) is 0 Å². The summed E-state index contributed by atoms with van der Waals surface area (Å²) in [6, 6.07) is 8.20. The summed E-state index contributed by atoms with van der Waals surface area (Å²) >= 11 is 3.08. The Kier molecular flexibility index (Phi) is 5.82. The number of Topliss-reactive ketones (excluding diaryl/α,β-unsaturated/α-hetero) is 1. The Balaban J connectivity index is 2.14. The van der Waals surface area contributed by atoms with E-state index in [1.165, 1.54) is 31.4 Å². The van der Waals surface area contributed by atoms with Crippen LogP contribution >= 0.6 is 15.9 Å². The van der Waals surface area contributed by atoms with Gasteiger partial charge in [-0.1, -0.05) is 22.0 Å². The molecule has 0 N–H and O–H groups in total.